The number of fused-ring (bicyclic) bond motifs is 4. The zero-order chi connectivity index (χ0) is 31.3. The van der Waals surface area contributed by atoms with Gasteiger partial charge in [-0.1, -0.05) is 29.8 Å². The van der Waals surface area contributed by atoms with Crippen molar-refractivity contribution in [1.82, 2.24) is 20.4 Å². The van der Waals surface area contributed by atoms with Gasteiger partial charge in [0, 0.05) is 58.3 Å². The van der Waals surface area contributed by atoms with Gasteiger partial charge in [-0.05, 0) is 55.5 Å². The Labute approximate surface area is 267 Å². The predicted molar refractivity (Wildman–Crippen MR) is 164 cm³/mol. The number of carbonyl (C=O) groups is 3. The van der Waals surface area contributed by atoms with E-state index in [4.69, 9.17) is 25.8 Å². The van der Waals surface area contributed by atoms with Gasteiger partial charge in [-0.25, -0.2) is 4.39 Å². The van der Waals surface area contributed by atoms with E-state index in [0.717, 1.165) is 18.4 Å². The monoisotopic (exact) mass is 642 g/mol. The predicted octanol–water partition coefficient (Wildman–Crippen LogP) is 3.16. The van der Waals surface area contributed by atoms with E-state index in [1.807, 2.05) is 11.0 Å². The van der Waals surface area contributed by atoms with Crippen LogP contribution in [0.5, 0.6) is 5.75 Å². The first-order chi connectivity index (χ1) is 21.9. The highest BCUT2D eigenvalue weighted by Gasteiger charge is 2.39. The average molecular weight is 643 g/mol. The number of para-hydroxylation sites is 1. The van der Waals surface area contributed by atoms with E-state index in [1.165, 1.54) is 12.1 Å². The molecule has 4 heterocycles. The molecule has 0 spiro atoms. The third-order valence-electron chi connectivity index (χ3n) is 9.25. The van der Waals surface area contributed by atoms with Crippen LogP contribution in [0.2, 0.25) is 5.02 Å². The first-order valence-corrected chi connectivity index (χ1v) is 16.2. The van der Waals surface area contributed by atoms with Crippen molar-refractivity contribution in [3.8, 4) is 5.75 Å². The zero-order valence-electron chi connectivity index (χ0n) is 25.2. The topological polar surface area (TPSA) is 109 Å². The Kier molecular flexibility index (Phi) is 10.2. The third-order valence-corrected chi connectivity index (χ3v) is 9.55. The summed E-state index contributed by atoms with van der Waals surface area (Å²) in [4.78, 5) is 44.6. The summed E-state index contributed by atoms with van der Waals surface area (Å²) in [5.74, 6) is -0.732. The minimum Gasteiger partial charge on any atom is -0.493 e. The van der Waals surface area contributed by atoms with Crippen LogP contribution in [0.1, 0.15) is 48.0 Å². The van der Waals surface area contributed by atoms with Gasteiger partial charge in [0.05, 0.1) is 35.4 Å². The first kappa shape index (κ1) is 31.7. The Hall–Kier alpha value is -3.25. The number of hydrogen-bond acceptors (Lipinski definition) is 7. The van der Waals surface area contributed by atoms with Gasteiger partial charge in [-0.2, -0.15) is 0 Å². The molecule has 4 aliphatic rings. The number of rotatable bonds is 4. The summed E-state index contributed by atoms with van der Waals surface area (Å²) in [6.07, 6.45) is 2.89. The molecular formula is C33H40ClFN4O6. The molecule has 2 aromatic rings. The summed E-state index contributed by atoms with van der Waals surface area (Å²) in [6.45, 7) is 3.14. The van der Waals surface area contributed by atoms with Crippen LogP contribution in [-0.2, 0) is 25.6 Å². The summed E-state index contributed by atoms with van der Waals surface area (Å²) in [7, 11) is 0. The van der Waals surface area contributed by atoms with E-state index in [-0.39, 0.29) is 53.9 Å². The number of piperazine rings is 1. The molecule has 45 heavy (non-hydrogen) atoms. The maximum atomic E-state index is 14.2. The molecule has 12 heteroatoms. The van der Waals surface area contributed by atoms with E-state index in [9.17, 15) is 18.8 Å². The third kappa shape index (κ3) is 7.60. The van der Waals surface area contributed by atoms with Crippen LogP contribution in [0.3, 0.4) is 0 Å². The van der Waals surface area contributed by atoms with E-state index in [2.05, 4.69) is 10.6 Å². The van der Waals surface area contributed by atoms with Gasteiger partial charge in [-0.15, -0.1) is 0 Å². The van der Waals surface area contributed by atoms with Crippen molar-refractivity contribution in [3.63, 3.8) is 0 Å². The van der Waals surface area contributed by atoms with Crippen LogP contribution in [0.25, 0.3) is 0 Å². The van der Waals surface area contributed by atoms with Crippen molar-refractivity contribution in [1.29, 1.82) is 0 Å². The Morgan fingerprint density at radius 1 is 1.02 bits per heavy atom. The Morgan fingerprint density at radius 2 is 1.84 bits per heavy atom. The van der Waals surface area contributed by atoms with E-state index in [1.54, 1.807) is 29.2 Å². The molecule has 242 valence electrons. The van der Waals surface area contributed by atoms with Crippen molar-refractivity contribution >= 4 is 29.3 Å². The van der Waals surface area contributed by atoms with Crippen molar-refractivity contribution in [2.24, 2.45) is 5.92 Å². The van der Waals surface area contributed by atoms with Crippen molar-refractivity contribution in [2.75, 3.05) is 46.0 Å². The van der Waals surface area contributed by atoms with Gasteiger partial charge in [0.1, 0.15) is 17.6 Å². The zero-order valence-corrected chi connectivity index (χ0v) is 26.0. The van der Waals surface area contributed by atoms with Crippen LogP contribution >= 0.6 is 11.6 Å². The molecule has 3 fully saturated rings. The Bertz CT molecular complexity index is 1390. The molecule has 4 atom stereocenters. The first-order valence-electron chi connectivity index (χ1n) is 15.9. The molecule has 6 rings (SSSR count). The number of hydrogen-bond donors (Lipinski definition) is 2. The van der Waals surface area contributed by atoms with Crippen molar-refractivity contribution in [3.05, 3.63) is 64.4 Å². The largest absolute Gasteiger partial charge is 0.493 e. The number of amides is 3. The molecule has 2 N–H and O–H groups in total. The van der Waals surface area contributed by atoms with Crippen LogP contribution in [0, 0.1) is 11.7 Å². The lowest BCUT2D eigenvalue weighted by molar-refractivity contribution is -0.134. The van der Waals surface area contributed by atoms with Crippen molar-refractivity contribution in [2.45, 2.75) is 62.9 Å². The molecule has 0 aliphatic carbocycles. The molecule has 3 amide bonds. The van der Waals surface area contributed by atoms with Gasteiger partial charge in [-0.3, -0.25) is 19.3 Å². The molecule has 2 aromatic carbocycles. The molecule has 0 saturated carbocycles. The SMILES string of the molecule is O=C(N[C@@H]1CC[C@H]2CCOc3ccccc3C(=O)N3CCN(Cc4ccc(Cl)c(F)c4)C[C@H]3C(=O)NC[C@H]1O2)C1CCOCC1. The highest BCUT2D eigenvalue weighted by atomic mass is 35.5. The summed E-state index contributed by atoms with van der Waals surface area (Å²) in [5.41, 5.74) is 1.13. The average Bonchev–Trinajstić information content (AvgIpc) is 3.06. The van der Waals surface area contributed by atoms with Gasteiger partial charge in [0.15, 0.2) is 0 Å². The lowest BCUT2D eigenvalue weighted by Gasteiger charge is -2.42. The maximum absolute atomic E-state index is 14.2. The Morgan fingerprint density at radius 3 is 2.67 bits per heavy atom. The van der Waals surface area contributed by atoms with Gasteiger partial charge < -0.3 is 29.7 Å². The summed E-state index contributed by atoms with van der Waals surface area (Å²) >= 11 is 5.88. The highest BCUT2D eigenvalue weighted by molar-refractivity contribution is 6.30. The molecule has 10 nitrogen and oxygen atoms in total. The molecule has 0 aromatic heterocycles. The van der Waals surface area contributed by atoms with Gasteiger partial charge in [0.2, 0.25) is 11.8 Å². The lowest BCUT2D eigenvalue weighted by atomic mass is 9.94. The van der Waals surface area contributed by atoms with E-state index in [0.29, 0.717) is 70.0 Å². The Balaban J connectivity index is 1.22. The second-order valence-electron chi connectivity index (χ2n) is 12.3. The highest BCUT2D eigenvalue weighted by Crippen LogP contribution is 2.27. The summed E-state index contributed by atoms with van der Waals surface area (Å²) < 4.78 is 32.2. The molecule has 0 unspecified atom stereocenters. The van der Waals surface area contributed by atoms with Crippen LogP contribution in [0.4, 0.5) is 4.39 Å². The molecule has 4 aliphatic heterocycles. The fourth-order valence-electron chi connectivity index (χ4n) is 6.68. The number of halogens is 2. The number of nitrogens with zero attached hydrogens (tertiary/aromatic N) is 2. The summed E-state index contributed by atoms with van der Waals surface area (Å²) in [6, 6.07) is 10.7. The van der Waals surface area contributed by atoms with Crippen LogP contribution < -0.4 is 15.4 Å². The number of carbonyl (C=O) groups excluding carboxylic acids is 3. The standard InChI is InChI=1S/C33H40ClFN4O6/c34-25-7-5-21(17-26(25)35)19-38-12-13-39-28(20-38)32(41)36-18-30-27(37-31(40)22-9-14-43-15-10-22)8-6-23(45-30)11-16-44-29-4-2-1-3-24(29)33(39)42/h1-5,7,17,22-23,27-28,30H,6,8-16,18-20H2,(H,36,41)(H,37,40)/t23-,27+,28-,30+/m0/s1. The molecule has 3 saturated heterocycles. The minimum absolute atomic E-state index is 0.00523. The smallest absolute Gasteiger partial charge is 0.258 e. The number of benzene rings is 2. The second kappa shape index (κ2) is 14.5. The quantitative estimate of drug-likeness (QED) is 0.528. The number of nitrogens with one attached hydrogen (secondary N) is 2. The molecular weight excluding hydrogens is 603 g/mol. The maximum Gasteiger partial charge on any atom is 0.258 e. The minimum atomic E-state index is -0.811. The van der Waals surface area contributed by atoms with Gasteiger partial charge >= 0.3 is 0 Å². The van der Waals surface area contributed by atoms with Gasteiger partial charge in [0.25, 0.3) is 5.91 Å². The summed E-state index contributed by atoms with van der Waals surface area (Å²) in [5, 5.41) is 6.30. The van der Waals surface area contributed by atoms with Crippen molar-refractivity contribution < 1.29 is 33.0 Å². The molecule has 2 bridgehead atoms. The lowest BCUT2D eigenvalue weighted by Crippen LogP contribution is -2.62. The van der Waals surface area contributed by atoms with Crippen LogP contribution in [-0.4, -0.2) is 97.8 Å². The number of ether oxygens (including phenoxy) is 3. The normalized spacial score (nSPS) is 26.9. The fraction of sp³-hybridized carbons (Fsp3) is 0.545. The van der Waals surface area contributed by atoms with E-state index >= 15 is 0 Å². The molecule has 0 radical (unpaired) electrons. The fourth-order valence-corrected chi connectivity index (χ4v) is 6.80. The van der Waals surface area contributed by atoms with E-state index < -0.39 is 18.0 Å². The second-order valence-corrected chi connectivity index (χ2v) is 12.7. The van der Waals surface area contributed by atoms with Crippen LogP contribution in [0.15, 0.2) is 42.5 Å².